The van der Waals surface area contributed by atoms with Crippen LogP contribution in [0.3, 0.4) is 0 Å². The van der Waals surface area contributed by atoms with Gasteiger partial charge in [-0.1, -0.05) is 30.3 Å². The summed E-state index contributed by atoms with van der Waals surface area (Å²) in [5, 5.41) is 2.87. The van der Waals surface area contributed by atoms with Crippen molar-refractivity contribution in [1.82, 2.24) is 15.7 Å². The summed E-state index contributed by atoms with van der Waals surface area (Å²) in [5.74, 6) is -0.965. The Kier molecular flexibility index (Phi) is 5.93. The maximum absolute atomic E-state index is 12.7. The summed E-state index contributed by atoms with van der Waals surface area (Å²) in [4.78, 5) is 43.7. The first-order valence-electron chi connectivity index (χ1n) is 9.69. The molecule has 1 spiro atoms. The van der Waals surface area contributed by atoms with Crippen LogP contribution in [0.4, 0.5) is 0 Å². The molecule has 2 heterocycles. The number of nitrogens with one attached hydrogen (secondary N) is 2. The van der Waals surface area contributed by atoms with E-state index >= 15 is 0 Å². The fourth-order valence-electron chi connectivity index (χ4n) is 3.58. The molecule has 0 bridgehead atoms. The van der Waals surface area contributed by atoms with E-state index in [4.69, 9.17) is 9.57 Å². The molecule has 29 heavy (non-hydrogen) atoms. The number of hydroxylamine groups is 1. The minimum atomic E-state index is -1.20. The van der Waals surface area contributed by atoms with Gasteiger partial charge in [-0.15, -0.1) is 0 Å². The lowest BCUT2D eigenvalue weighted by Crippen LogP contribution is -2.53. The fourth-order valence-corrected chi connectivity index (χ4v) is 3.58. The van der Waals surface area contributed by atoms with Crippen molar-refractivity contribution in [2.24, 2.45) is 0 Å². The van der Waals surface area contributed by atoms with Gasteiger partial charge < -0.3 is 15.0 Å². The van der Waals surface area contributed by atoms with Crippen LogP contribution in [-0.2, 0) is 30.5 Å². The molecule has 0 saturated carbocycles. The van der Waals surface area contributed by atoms with Crippen LogP contribution >= 0.6 is 0 Å². The average molecular weight is 401 g/mol. The van der Waals surface area contributed by atoms with Gasteiger partial charge in [0.15, 0.2) is 5.60 Å². The number of likely N-dealkylation sites (tertiary alicyclic amines) is 1. The third kappa shape index (κ3) is 4.95. The molecule has 2 amide bonds. The molecule has 156 valence electrons. The minimum Gasteiger partial charge on any atom is -0.450 e. The molecule has 2 aliphatic heterocycles. The summed E-state index contributed by atoms with van der Waals surface area (Å²) < 4.78 is 5.14. The Balaban J connectivity index is 1.55. The Hall–Kier alpha value is -2.87. The Morgan fingerprint density at radius 3 is 2.48 bits per heavy atom. The lowest BCUT2D eigenvalue weighted by atomic mass is 9.90. The number of ether oxygens (including phenoxy) is 1. The standard InChI is InChI=1S/C21H27N3O5/c1-15(25)28-20(2,3)19(27)24-11-9-21(10-12-24)13-17(23-29-21)18(26)22-14-16-7-5-4-6-8-16/h4-8,13,23H,9-12,14H2,1-3H3,(H,22,26). The minimum absolute atomic E-state index is 0.236. The zero-order valence-corrected chi connectivity index (χ0v) is 17.0. The zero-order chi connectivity index (χ0) is 21.1. The monoisotopic (exact) mass is 401 g/mol. The summed E-state index contributed by atoms with van der Waals surface area (Å²) in [5.41, 5.74) is 2.29. The highest BCUT2D eigenvalue weighted by Crippen LogP contribution is 2.33. The maximum atomic E-state index is 12.7. The Morgan fingerprint density at radius 1 is 1.21 bits per heavy atom. The van der Waals surface area contributed by atoms with Crippen LogP contribution in [0.2, 0.25) is 0 Å². The number of hydrogen-bond donors (Lipinski definition) is 2. The molecule has 0 aromatic heterocycles. The second-order valence-electron chi connectivity index (χ2n) is 7.89. The topological polar surface area (TPSA) is 97.0 Å². The molecule has 0 aliphatic carbocycles. The van der Waals surface area contributed by atoms with Crippen molar-refractivity contribution >= 4 is 17.8 Å². The molecule has 2 aliphatic rings. The zero-order valence-electron chi connectivity index (χ0n) is 17.0. The lowest BCUT2D eigenvalue weighted by molar-refractivity contribution is -0.171. The molecule has 0 unspecified atom stereocenters. The summed E-state index contributed by atoms with van der Waals surface area (Å²) in [6.45, 7) is 5.78. The molecular formula is C21H27N3O5. The number of nitrogens with zero attached hydrogens (tertiary/aromatic N) is 1. The first-order chi connectivity index (χ1) is 13.7. The van der Waals surface area contributed by atoms with Gasteiger partial charge in [0.2, 0.25) is 0 Å². The molecule has 1 aromatic carbocycles. The lowest BCUT2D eigenvalue weighted by Gasteiger charge is -2.39. The van der Waals surface area contributed by atoms with Gasteiger partial charge in [-0.3, -0.25) is 24.7 Å². The van der Waals surface area contributed by atoms with E-state index in [0.29, 0.717) is 38.2 Å². The van der Waals surface area contributed by atoms with Crippen LogP contribution in [0.25, 0.3) is 0 Å². The second kappa shape index (κ2) is 8.24. The van der Waals surface area contributed by atoms with Crippen molar-refractivity contribution in [1.29, 1.82) is 0 Å². The number of esters is 1. The number of piperidine rings is 1. The number of carbonyl (C=O) groups is 3. The van der Waals surface area contributed by atoms with E-state index in [9.17, 15) is 14.4 Å². The smallest absolute Gasteiger partial charge is 0.303 e. The Bertz CT molecular complexity index is 811. The SMILES string of the molecule is CC(=O)OC(C)(C)C(=O)N1CCC2(C=C(C(=O)NCc3ccccc3)NO2)CC1. The van der Waals surface area contributed by atoms with Gasteiger partial charge in [0.05, 0.1) is 0 Å². The van der Waals surface area contributed by atoms with E-state index in [-0.39, 0.29) is 11.8 Å². The van der Waals surface area contributed by atoms with Crippen molar-refractivity contribution in [2.75, 3.05) is 13.1 Å². The van der Waals surface area contributed by atoms with Crippen LogP contribution in [0.15, 0.2) is 42.1 Å². The van der Waals surface area contributed by atoms with Gasteiger partial charge in [-0.2, -0.15) is 0 Å². The van der Waals surface area contributed by atoms with Crippen LogP contribution in [0.1, 0.15) is 39.2 Å². The third-order valence-electron chi connectivity index (χ3n) is 5.12. The summed E-state index contributed by atoms with van der Waals surface area (Å²) in [6.07, 6.45) is 2.88. The average Bonchev–Trinajstić information content (AvgIpc) is 3.10. The summed E-state index contributed by atoms with van der Waals surface area (Å²) in [7, 11) is 0. The molecule has 1 aromatic rings. The fraction of sp³-hybridized carbons (Fsp3) is 0.476. The molecule has 1 saturated heterocycles. The molecule has 2 N–H and O–H groups in total. The predicted octanol–water partition coefficient (Wildman–Crippen LogP) is 1.42. The van der Waals surface area contributed by atoms with E-state index in [1.54, 1.807) is 24.8 Å². The van der Waals surface area contributed by atoms with Gasteiger partial charge >= 0.3 is 5.97 Å². The van der Waals surface area contributed by atoms with Crippen LogP contribution < -0.4 is 10.8 Å². The first-order valence-corrected chi connectivity index (χ1v) is 9.69. The highest BCUT2D eigenvalue weighted by atomic mass is 16.7. The molecule has 3 rings (SSSR count). The largest absolute Gasteiger partial charge is 0.450 e. The number of amides is 2. The molecular weight excluding hydrogens is 374 g/mol. The highest BCUT2D eigenvalue weighted by Gasteiger charge is 2.43. The molecule has 8 nitrogen and oxygen atoms in total. The Labute approximate surface area is 170 Å². The van der Waals surface area contributed by atoms with Crippen molar-refractivity contribution in [3.8, 4) is 0 Å². The maximum Gasteiger partial charge on any atom is 0.303 e. The van der Waals surface area contributed by atoms with Crippen molar-refractivity contribution in [3.63, 3.8) is 0 Å². The third-order valence-corrected chi connectivity index (χ3v) is 5.12. The molecule has 0 atom stereocenters. The highest BCUT2D eigenvalue weighted by molar-refractivity contribution is 5.93. The number of benzene rings is 1. The Morgan fingerprint density at radius 2 is 1.86 bits per heavy atom. The van der Waals surface area contributed by atoms with E-state index in [1.807, 2.05) is 30.3 Å². The van der Waals surface area contributed by atoms with Gasteiger partial charge in [0, 0.05) is 39.4 Å². The second-order valence-corrected chi connectivity index (χ2v) is 7.89. The van der Waals surface area contributed by atoms with E-state index < -0.39 is 17.2 Å². The summed E-state index contributed by atoms with van der Waals surface area (Å²) >= 11 is 0. The van der Waals surface area contributed by atoms with E-state index in [2.05, 4.69) is 10.8 Å². The molecule has 1 fully saturated rings. The van der Waals surface area contributed by atoms with Crippen molar-refractivity contribution < 1.29 is 24.0 Å². The summed E-state index contributed by atoms with van der Waals surface area (Å²) in [6, 6.07) is 9.65. The number of rotatable bonds is 5. The predicted molar refractivity (Wildman–Crippen MR) is 105 cm³/mol. The van der Waals surface area contributed by atoms with Gasteiger partial charge in [-0.25, -0.2) is 0 Å². The van der Waals surface area contributed by atoms with Gasteiger partial charge in [-0.05, 0) is 25.5 Å². The number of hydrogen-bond acceptors (Lipinski definition) is 6. The quantitative estimate of drug-likeness (QED) is 0.725. The van der Waals surface area contributed by atoms with Crippen LogP contribution in [-0.4, -0.2) is 47.0 Å². The molecule has 8 heteroatoms. The van der Waals surface area contributed by atoms with Crippen molar-refractivity contribution in [3.05, 3.63) is 47.7 Å². The van der Waals surface area contributed by atoms with Gasteiger partial charge in [0.1, 0.15) is 11.3 Å². The number of carbonyl (C=O) groups excluding carboxylic acids is 3. The van der Waals surface area contributed by atoms with Crippen LogP contribution in [0.5, 0.6) is 0 Å². The van der Waals surface area contributed by atoms with Crippen molar-refractivity contribution in [2.45, 2.75) is 51.4 Å². The van der Waals surface area contributed by atoms with E-state index in [0.717, 1.165) is 5.56 Å². The molecule has 0 radical (unpaired) electrons. The normalized spacial score (nSPS) is 18.0. The van der Waals surface area contributed by atoms with E-state index in [1.165, 1.54) is 6.92 Å². The first kappa shape index (κ1) is 20.9. The van der Waals surface area contributed by atoms with Crippen LogP contribution in [0, 0.1) is 0 Å². The van der Waals surface area contributed by atoms with Gasteiger partial charge in [0.25, 0.3) is 11.8 Å².